The molecule has 1 N–H and O–H groups in total. The van der Waals surface area contributed by atoms with E-state index in [1.807, 2.05) is 7.11 Å². The third-order valence-electron chi connectivity index (χ3n) is 4.26. The van der Waals surface area contributed by atoms with Gasteiger partial charge in [-0.15, -0.1) is 0 Å². The number of rotatable bonds is 7. The zero-order valence-corrected chi connectivity index (χ0v) is 13.0. The summed E-state index contributed by atoms with van der Waals surface area (Å²) >= 11 is 0. The molecule has 0 bridgehead atoms. The van der Waals surface area contributed by atoms with Crippen molar-refractivity contribution in [2.75, 3.05) is 33.3 Å². The number of nitrogens with zero attached hydrogens (tertiary/aromatic N) is 1. The Bertz CT molecular complexity index is 225. The summed E-state index contributed by atoms with van der Waals surface area (Å²) in [4.78, 5) is 2.61. The van der Waals surface area contributed by atoms with Crippen LogP contribution in [0.5, 0.6) is 0 Å². The second kappa shape index (κ2) is 7.46. The number of ether oxygens (including phenoxy) is 1. The monoisotopic (exact) mass is 256 g/mol. The van der Waals surface area contributed by atoms with Crippen molar-refractivity contribution in [2.45, 2.75) is 58.6 Å². The van der Waals surface area contributed by atoms with Gasteiger partial charge in [-0.1, -0.05) is 6.92 Å². The SMILES string of the molecule is CCN(CC1CCCNC1)C(C)CC(C)(C)OC. The minimum Gasteiger partial charge on any atom is -0.379 e. The van der Waals surface area contributed by atoms with Gasteiger partial charge in [0.25, 0.3) is 0 Å². The standard InChI is InChI=1S/C15H32N2O/c1-6-17(12-14-8-7-9-16-11-14)13(2)10-15(3,4)18-5/h13-14,16H,6-12H2,1-5H3. The summed E-state index contributed by atoms with van der Waals surface area (Å²) in [6.07, 6.45) is 3.81. The molecule has 0 saturated carbocycles. The molecule has 0 aromatic heterocycles. The summed E-state index contributed by atoms with van der Waals surface area (Å²) in [6.45, 7) is 13.7. The lowest BCUT2D eigenvalue weighted by Gasteiger charge is -2.36. The van der Waals surface area contributed by atoms with E-state index in [0.717, 1.165) is 18.9 Å². The van der Waals surface area contributed by atoms with Crippen molar-refractivity contribution in [2.24, 2.45) is 5.92 Å². The molecule has 0 aliphatic carbocycles. The highest BCUT2D eigenvalue weighted by Gasteiger charge is 2.25. The zero-order chi connectivity index (χ0) is 13.6. The Hall–Kier alpha value is -0.120. The van der Waals surface area contributed by atoms with Crippen molar-refractivity contribution >= 4 is 0 Å². The van der Waals surface area contributed by atoms with Crippen molar-refractivity contribution in [3.63, 3.8) is 0 Å². The van der Waals surface area contributed by atoms with Gasteiger partial charge in [-0.2, -0.15) is 0 Å². The molecule has 0 spiro atoms. The summed E-state index contributed by atoms with van der Waals surface area (Å²) in [5, 5.41) is 3.51. The van der Waals surface area contributed by atoms with E-state index in [9.17, 15) is 0 Å². The fraction of sp³-hybridized carbons (Fsp3) is 1.00. The molecular formula is C15H32N2O. The fourth-order valence-electron chi connectivity index (χ4n) is 2.96. The maximum atomic E-state index is 5.55. The lowest BCUT2D eigenvalue weighted by atomic mass is 9.95. The van der Waals surface area contributed by atoms with Gasteiger partial charge in [0.15, 0.2) is 0 Å². The molecule has 0 amide bonds. The van der Waals surface area contributed by atoms with E-state index in [-0.39, 0.29) is 5.60 Å². The Morgan fingerprint density at radius 2 is 2.17 bits per heavy atom. The Kier molecular flexibility index (Phi) is 6.61. The third-order valence-corrected chi connectivity index (χ3v) is 4.26. The molecule has 2 unspecified atom stereocenters. The van der Waals surface area contributed by atoms with E-state index in [0.29, 0.717) is 6.04 Å². The number of methoxy groups -OCH3 is 1. The first kappa shape index (κ1) is 15.9. The average Bonchev–Trinajstić information content (AvgIpc) is 2.36. The van der Waals surface area contributed by atoms with Gasteiger partial charge in [0, 0.05) is 19.7 Å². The van der Waals surface area contributed by atoms with Crippen LogP contribution in [0, 0.1) is 5.92 Å². The summed E-state index contributed by atoms with van der Waals surface area (Å²) in [7, 11) is 1.81. The van der Waals surface area contributed by atoms with E-state index < -0.39 is 0 Å². The molecule has 1 heterocycles. The highest BCUT2D eigenvalue weighted by atomic mass is 16.5. The molecule has 1 aliphatic rings. The molecule has 108 valence electrons. The van der Waals surface area contributed by atoms with Gasteiger partial charge in [-0.05, 0) is 65.6 Å². The molecular weight excluding hydrogens is 224 g/mol. The summed E-state index contributed by atoms with van der Waals surface area (Å²) < 4.78 is 5.55. The molecule has 1 aliphatic heterocycles. The number of nitrogens with one attached hydrogen (secondary N) is 1. The molecule has 3 heteroatoms. The minimum absolute atomic E-state index is 0.0162. The first-order valence-corrected chi connectivity index (χ1v) is 7.48. The maximum Gasteiger partial charge on any atom is 0.0637 e. The summed E-state index contributed by atoms with van der Waals surface area (Å²) in [6, 6.07) is 0.590. The molecule has 1 fully saturated rings. The molecule has 0 radical (unpaired) electrons. The van der Waals surface area contributed by atoms with Gasteiger partial charge < -0.3 is 15.0 Å². The van der Waals surface area contributed by atoms with Gasteiger partial charge >= 0.3 is 0 Å². The molecule has 18 heavy (non-hydrogen) atoms. The van der Waals surface area contributed by atoms with E-state index in [1.165, 1.54) is 32.5 Å². The van der Waals surface area contributed by atoms with Crippen LogP contribution in [-0.4, -0.2) is 49.8 Å². The molecule has 3 nitrogen and oxygen atoms in total. The Morgan fingerprint density at radius 3 is 2.67 bits per heavy atom. The highest BCUT2D eigenvalue weighted by molar-refractivity contribution is 4.80. The molecule has 0 aromatic carbocycles. The predicted molar refractivity (Wildman–Crippen MR) is 78.0 cm³/mol. The van der Waals surface area contributed by atoms with E-state index >= 15 is 0 Å². The van der Waals surface area contributed by atoms with Crippen LogP contribution in [0.1, 0.15) is 47.0 Å². The fourth-order valence-corrected chi connectivity index (χ4v) is 2.96. The third kappa shape index (κ3) is 5.25. The molecule has 2 atom stereocenters. The number of piperidine rings is 1. The molecule has 1 rings (SSSR count). The van der Waals surface area contributed by atoms with Gasteiger partial charge in [0.1, 0.15) is 0 Å². The number of hydrogen-bond donors (Lipinski definition) is 1. The van der Waals surface area contributed by atoms with Crippen LogP contribution in [0.3, 0.4) is 0 Å². The first-order valence-electron chi connectivity index (χ1n) is 7.48. The Labute approximate surface area is 113 Å². The van der Waals surface area contributed by atoms with Crippen molar-refractivity contribution in [3.05, 3.63) is 0 Å². The van der Waals surface area contributed by atoms with Gasteiger partial charge in [-0.25, -0.2) is 0 Å². The van der Waals surface area contributed by atoms with Gasteiger partial charge in [-0.3, -0.25) is 0 Å². The first-order chi connectivity index (χ1) is 8.48. The van der Waals surface area contributed by atoms with E-state index in [2.05, 4.69) is 37.9 Å². The summed E-state index contributed by atoms with van der Waals surface area (Å²) in [5.41, 5.74) is -0.0162. The van der Waals surface area contributed by atoms with Crippen LogP contribution in [0.15, 0.2) is 0 Å². The van der Waals surface area contributed by atoms with Gasteiger partial charge in [0.2, 0.25) is 0 Å². The van der Waals surface area contributed by atoms with Crippen molar-refractivity contribution in [1.29, 1.82) is 0 Å². The predicted octanol–water partition coefficient (Wildman–Crippen LogP) is 2.51. The van der Waals surface area contributed by atoms with Crippen LogP contribution in [0.25, 0.3) is 0 Å². The average molecular weight is 256 g/mol. The lowest BCUT2D eigenvalue weighted by Crippen LogP contribution is -2.44. The summed E-state index contributed by atoms with van der Waals surface area (Å²) in [5.74, 6) is 0.826. The van der Waals surface area contributed by atoms with E-state index in [4.69, 9.17) is 4.74 Å². The molecule has 0 aromatic rings. The lowest BCUT2D eigenvalue weighted by molar-refractivity contribution is -0.00775. The number of hydrogen-bond acceptors (Lipinski definition) is 3. The normalized spacial score (nSPS) is 23.3. The van der Waals surface area contributed by atoms with Crippen LogP contribution in [0.2, 0.25) is 0 Å². The topological polar surface area (TPSA) is 24.5 Å². The van der Waals surface area contributed by atoms with E-state index in [1.54, 1.807) is 0 Å². The van der Waals surface area contributed by atoms with Crippen LogP contribution in [0.4, 0.5) is 0 Å². The quantitative estimate of drug-likeness (QED) is 0.757. The van der Waals surface area contributed by atoms with Crippen molar-refractivity contribution < 1.29 is 4.74 Å². The minimum atomic E-state index is -0.0162. The Morgan fingerprint density at radius 1 is 1.44 bits per heavy atom. The smallest absolute Gasteiger partial charge is 0.0637 e. The van der Waals surface area contributed by atoms with Crippen molar-refractivity contribution in [3.8, 4) is 0 Å². The second-order valence-corrected chi connectivity index (χ2v) is 6.32. The van der Waals surface area contributed by atoms with Crippen LogP contribution >= 0.6 is 0 Å². The Balaban J connectivity index is 2.43. The largest absolute Gasteiger partial charge is 0.379 e. The zero-order valence-electron chi connectivity index (χ0n) is 13.0. The van der Waals surface area contributed by atoms with Gasteiger partial charge in [0.05, 0.1) is 5.60 Å². The van der Waals surface area contributed by atoms with Crippen LogP contribution in [-0.2, 0) is 4.74 Å². The maximum absolute atomic E-state index is 5.55. The highest BCUT2D eigenvalue weighted by Crippen LogP contribution is 2.21. The second-order valence-electron chi connectivity index (χ2n) is 6.32. The molecule has 1 saturated heterocycles. The van der Waals surface area contributed by atoms with Crippen molar-refractivity contribution in [1.82, 2.24) is 10.2 Å². The van der Waals surface area contributed by atoms with Crippen LogP contribution < -0.4 is 5.32 Å².